The summed E-state index contributed by atoms with van der Waals surface area (Å²) in [6.45, 7) is 17.5. The average Bonchev–Trinajstić information content (AvgIpc) is 0.769. The van der Waals surface area contributed by atoms with E-state index in [1.807, 2.05) is 6.92 Å². The van der Waals surface area contributed by atoms with Crippen LogP contribution in [0.15, 0.2) is 128 Å². The van der Waals surface area contributed by atoms with Gasteiger partial charge in [-0.15, -0.1) is 0 Å². The van der Waals surface area contributed by atoms with Gasteiger partial charge in [-0.05, 0) is 212 Å². The number of ether oxygens (including phenoxy) is 3. The third kappa shape index (κ3) is 52.5. The number of amides is 2. The first-order valence-corrected chi connectivity index (χ1v) is 50.1. The Morgan fingerprint density at radius 3 is 0.953 bits per heavy atom. The van der Waals surface area contributed by atoms with Crippen LogP contribution < -0.4 is 10.6 Å². The number of nitrogens with one attached hydrogen (secondary N) is 2. The summed E-state index contributed by atoms with van der Waals surface area (Å²) in [6.07, 6.45) is 13.1. The Morgan fingerprint density at radius 2 is 0.630 bits per heavy atom. The smallest absolute Gasteiger partial charge is 0.394 e. The van der Waals surface area contributed by atoms with Crippen molar-refractivity contribution in [3.63, 3.8) is 0 Å². The molecule has 5 unspecified atom stereocenters. The second-order valence-corrected chi connectivity index (χ2v) is 39.9. The average molecular weight is 1920 g/mol. The predicted molar refractivity (Wildman–Crippen MR) is 474 cm³/mol. The summed E-state index contributed by atoms with van der Waals surface area (Å²) in [4.78, 5) is 76.9. The van der Waals surface area contributed by atoms with E-state index in [1.54, 1.807) is 6.92 Å². The topological polar surface area (TPSA) is 598 Å². The Balaban J connectivity index is 1.87. The maximum absolute atomic E-state index is 13.4. The first-order valence-electron chi connectivity index (χ1n) is 42.6. The maximum atomic E-state index is 13.4. The molecule has 2 aliphatic heterocycles. The van der Waals surface area contributed by atoms with Crippen molar-refractivity contribution in [3.05, 3.63) is 128 Å². The first kappa shape index (κ1) is 119. The molecule has 2 saturated heterocycles. The summed E-state index contributed by atoms with van der Waals surface area (Å²) in [5, 5.41) is 127. The molecule has 2 amide bonds. The number of carbonyl (C=O) groups is 2. The third-order valence-electron chi connectivity index (χ3n) is 20.3. The van der Waals surface area contributed by atoms with Crippen LogP contribution in [0.2, 0.25) is 0 Å². The lowest BCUT2D eigenvalue weighted by Gasteiger charge is -2.48. The summed E-state index contributed by atoms with van der Waals surface area (Å²) in [5.41, 5.74) is 14.8. The summed E-state index contributed by atoms with van der Waals surface area (Å²) >= 11 is 0. The van der Waals surface area contributed by atoms with Crippen molar-refractivity contribution in [3.8, 4) is 0 Å². The van der Waals surface area contributed by atoms with Crippen molar-refractivity contribution in [2.75, 3.05) is 59.5 Å². The highest BCUT2D eigenvalue weighted by Crippen LogP contribution is 2.61. The normalized spacial score (nSPS) is 24.9. The van der Waals surface area contributed by atoms with Crippen molar-refractivity contribution in [1.29, 1.82) is 0 Å². The predicted octanol–water partition coefficient (Wildman–Crippen LogP) is 10.3. The minimum absolute atomic E-state index is 0.524. The van der Waals surface area contributed by atoms with Gasteiger partial charge in [0.15, 0.2) is 12.6 Å². The zero-order valence-corrected chi connectivity index (χ0v) is 80.2. The summed E-state index contributed by atoms with van der Waals surface area (Å²) in [6, 6.07) is -3.95. The highest BCUT2D eigenvalue weighted by molar-refractivity contribution is 7.61. The van der Waals surface area contributed by atoms with Gasteiger partial charge in [-0.2, -0.15) is 4.31 Å². The van der Waals surface area contributed by atoms with E-state index in [9.17, 15) is 113 Å². The van der Waals surface area contributed by atoms with Gasteiger partial charge in [-0.25, -0.2) is 22.8 Å². The van der Waals surface area contributed by atoms with Crippen molar-refractivity contribution in [2.45, 2.75) is 329 Å². The van der Waals surface area contributed by atoms with Gasteiger partial charge in [0.1, 0.15) is 91.4 Å². The van der Waals surface area contributed by atoms with Gasteiger partial charge >= 0.3 is 39.1 Å². The number of allylic oxidation sites excluding steroid dienone is 21. The molecule has 43 heteroatoms. The molecule has 2 heterocycles. The minimum atomic E-state index is -5.83. The molecule has 2 aliphatic rings. The zero-order chi connectivity index (χ0) is 96.0. The van der Waals surface area contributed by atoms with E-state index in [-0.39, 0.29) is 0 Å². The van der Waals surface area contributed by atoms with E-state index < -0.39 is 214 Å². The van der Waals surface area contributed by atoms with Gasteiger partial charge in [0.05, 0.1) is 59.5 Å². The highest BCUT2D eigenvalue weighted by atomic mass is 31.3. The Morgan fingerprint density at radius 1 is 0.346 bits per heavy atom. The summed E-state index contributed by atoms with van der Waals surface area (Å²) in [5.74, 6) is -1.92. The molecule has 0 spiro atoms. The van der Waals surface area contributed by atoms with E-state index in [2.05, 4.69) is 163 Å². The molecule has 0 aromatic heterocycles. The van der Waals surface area contributed by atoms with Crippen molar-refractivity contribution >= 4 is 50.9 Å². The summed E-state index contributed by atoms with van der Waals surface area (Å²) < 4.78 is 124. The van der Waals surface area contributed by atoms with Crippen LogP contribution in [0.1, 0.15) is 225 Å². The molecule has 38 nitrogen and oxygen atoms in total. The zero-order valence-electron chi connectivity index (χ0n) is 75.8. The fourth-order valence-corrected chi connectivity index (χ4v) is 17.4. The fourth-order valence-electron chi connectivity index (χ4n) is 12.8. The van der Waals surface area contributed by atoms with Crippen LogP contribution >= 0.6 is 39.1 Å². The molecule has 734 valence electrons. The fraction of sp³-hybridized carbons (Fsp3) is 0.714. The first-order chi connectivity index (χ1) is 59.3. The Hall–Kier alpha value is -3.93. The van der Waals surface area contributed by atoms with E-state index in [4.69, 9.17) is 37.4 Å². The lowest BCUT2D eigenvalue weighted by Crippen LogP contribution is -2.69. The molecule has 0 aliphatic carbocycles. The van der Waals surface area contributed by atoms with Crippen LogP contribution in [0.4, 0.5) is 0 Å². The van der Waals surface area contributed by atoms with E-state index in [0.29, 0.717) is 12.8 Å². The Bertz CT molecular complexity index is 3910. The van der Waals surface area contributed by atoms with Crippen LogP contribution in [0.3, 0.4) is 0 Å². The number of aliphatic hydroxyl groups excluding tert-OH is 12. The SMILES string of the molecule is CC(=O)N[C@H]1[C@@H](OP(=O)(O)OP(=O)(O)OC/C=C(/C)CC/C=C(/C)CC/C=C(/C)CC/C=C(/C)CC/C=C(/C)CC/C=C(/C)CC/C=C(/C)CC/C=C(/C)CC/C=C(\C)CC/C=C(\C)CCC=C(C)C)O[C@H](CO)[C@@H](O[C@@H]2O[C@H](CO)[C@@H](OP(=O)(O)OC[C@H](O)COP(=O)(O)OC[C@H](O)[C@H](O)[C@H](O)COP(=O)(O)OC[C@H](O)[C@H](O)[C@H](O)CO)[C@H](O)[C@H]2NC(C)=O)[C@@H]1O. The number of carbonyl (C=O) groups excluding carboxylic acids is 2. The van der Waals surface area contributed by atoms with Crippen LogP contribution in [-0.2, 0) is 87.1 Å². The van der Waals surface area contributed by atoms with Gasteiger partial charge in [-0.1, -0.05) is 128 Å². The van der Waals surface area contributed by atoms with Crippen molar-refractivity contribution in [2.24, 2.45) is 0 Å². The van der Waals surface area contributed by atoms with Gasteiger partial charge in [0, 0.05) is 13.8 Å². The molecule has 22 atom stereocenters. The molecule has 0 bridgehead atoms. The summed E-state index contributed by atoms with van der Waals surface area (Å²) in [7, 11) is -27.4. The van der Waals surface area contributed by atoms with Crippen molar-refractivity contribution in [1.82, 2.24) is 10.6 Å². The largest absolute Gasteiger partial charge is 0.483 e. The molecule has 127 heavy (non-hydrogen) atoms. The van der Waals surface area contributed by atoms with Crippen LogP contribution in [0.5, 0.6) is 0 Å². The number of hydrogen-bond donors (Lipinski definition) is 19. The van der Waals surface area contributed by atoms with Gasteiger partial charge in [-0.3, -0.25) is 45.8 Å². The second-order valence-electron chi connectivity index (χ2n) is 32.6. The van der Waals surface area contributed by atoms with Gasteiger partial charge in [0.25, 0.3) is 0 Å². The quantitative estimate of drug-likeness (QED) is 0.0199. The third-order valence-corrected chi connectivity index (χ3v) is 25.8. The standard InChI is InChI=1S/C84H147N2O36P5/c1-55(2)25-15-26-56(3)27-16-28-57(4)29-17-30-58(5)31-18-32-59(6)33-19-34-60(7)35-20-36-61(8)37-21-38-62(9)39-22-40-63(10)41-23-42-64(11)43-24-44-65(12)45-46-111-126(107,108)122-127(109,110)121-84-76(86-67(14)91)79(99)81(73(48-88)118-84)119-83-75(85-66(13)90)80(100)82(74(49-89)117-83)120-125(105,106)113-51-68(92)50-112-123(101,102)114-53-71(95)78(98)72(96)54-116-124(103,104)115-52-70(94)77(97)69(93)47-87/h25,27,29,31,33,35,37,39,41,43,45,68-84,87-89,92-100H,15-24,26,28,30,32,34,36,38,40,42,44,46-54H2,1-14H3,(H,85,90)(H,86,91)(H,101,102)(H,103,104)(H,105,106)(H,107,108)(H,109,110)/b56-27+,57-29+,58-31-,59-33-,60-35-,61-37-,62-39-,63-41-,64-43-,65-45-/t68-,69-,70+,71+,72-,73-,74-,75-,76-,77-,78+,79-,80-,81-,82-,83+,84-/m1/s1. The van der Waals surface area contributed by atoms with E-state index in [0.717, 1.165) is 135 Å². The van der Waals surface area contributed by atoms with Gasteiger partial charge < -0.3 is 111 Å². The Kier molecular flexibility index (Phi) is 58.0. The lowest BCUT2D eigenvalue weighted by molar-refractivity contribution is -0.324. The van der Waals surface area contributed by atoms with Gasteiger partial charge in [0.2, 0.25) is 11.8 Å². The second kappa shape index (κ2) is 61.9. The minimum Gasteiger partial charge on any atom is -0.394 e. The number of phosphoric ester groups is 5. The molecule has 2 fully saturated rings. The molecule has 0 radical (unpaired) electrons. The maximum Gasteiger partial charge on any atom is 0.483 e. The van der Waals surface area contributed by atoms with Crippen molar-refractivity contribution < 1.29 is 173 Å². The van der Waals surface area contributed by atoms with Crippen LogP contribution in [0.25, 0.3) is 0 Å². The van der Waals surface area contributed by atoms with Crippen LogP contribution in [-0.4, -0.2) is 261 Å². The number of aliphatic hydroxyl groups is 12. The van der Waals surface area contributed by atoms with E-state index in [1.165, 1.54) is 61.8 Å². The number of phosphoric acid groups is 5. The highest BCUT2D eigenvalue weighted by Gasteiger charge is 2.55. The van der Waals surface area contributed by atoms with E-state index >= 15 is 0 Å². The molecule has 0 aromatic carbocycles. The molecular weight excluding hydrogens is 1770 g/mol. The Labute approximate surface area is 747 Å². The molecule has 0 aromatic rings. The lowest BCUT2D eigenvalue weighted by atomic mass is 9.94. The molecular formula is C84H147N2O36P5. The number of rotatable bonds is 65. The van der Waals surface area contributed by atoms with Crippen LogP contribution in [0, 0.1) is 0 Å². The molecule has 0 saturated carbocycles. The molecule has 19 N–H and O–H groups in total. The number of hydrogen-bond acceptors (Lipinski definition) is 31. The molecule has 2 rings (SSSR count). The monoisotopic (exact) mass is 1910 g/mol.